The lowest BCUT2D eigenvalue weighted by Gasteiger charge is -2.00. The van der Waals surface area contributed by atoms with E-state index in [-0.39, 0.29) is 11.0 Å². The predicted molar refractivity (Wildman–Crippen MR) is 65.3 cm³/mol. The second-order valence-corrected chi connectivity index (χ2v) is 4.36. The van der Waals surface area contributed by atoms with Gasteiger partial charge in [0, 0.05) is 0 Å². The molecule has 0 aromatic heterocycles. The molecule has 3 nitrogen and oxygen atoms in total. The van der Waals surface area contributed by atoms with E-state index in [1.54, 1.807) is 6.07 Å². The van der Waals surface area contributed by atoms with Gasteiger partial charge in [-0.1, -0.05) is 12.5 Å². The highest BCUT2D eigenvalue weighted by Gasteiger charge is 2.13. The Morgan fingerprint density at radius 1 is 1.12 bits per heavy atom. The van der Waals surface area contributed by atoms with Crippen molar-refractivity contribution in [2.24, 2.45) is 0 Å². The van der Waals surface area contributed by atoms with Crippen molar-refractivity contribution in [1.82, 2.24) is 0 Å². The fourth-order valence-electron chi connectivity index (χ4n) is 2.26. The van der Waals surface area contributed by atoms with Crippen molar-refractivity contribution in [3.05, 3.63) is 45.1 Å². The van der Waals surface area contributed by atoms with Crippen LogP contribution in [0.3, 0.4) is 0 Å². The first-order chi connectivity index (χ1) is 8.22. The molecule has 0 saturated heterocycles. The van der Waals surface area contributed by atoms with E-state index in [0.29, 0.717) is 0 Å². The van der Waals surface area contributed by atoms with Gasteiger partial charge in [-0.15, -0.1) is 0 Å². The van der Waals surface area contributed by atoms with Crippen LogP contribution in [-0.2, 0) is 17.6 Å². The van der Waals surface area contributed by atoms with Gasteiger partial charge >= 0.3 is 5.97 Å². The fraction of sp³-hybridized carbons (Fsp3) is 0.429. The molecule has 1 aromatic carbocycles. The molecule has 1 aliphatic rings. The van der Waals surface area contributed by atoms with Crippen LogP contribution in [0, 0.1) is 0 Å². The summed E-state index contributed by atoms with van der Waals surface area (Å²) in [5.41, 5.74) is 2.19. The summed E-state index contributed by atoms with van der Waals surface area (Å²) in [5.74, 6) is -0.544. The van der Waals surface area contributed by atoms with E-state index >= 15 is 0 Å². The van der Waals surface area contributed by atoms with Crippen LogP contribution in [-0.4, -0.2) is 13.1 Å². The molecule has 90 valence electrons. The van der Waals surface area contributed by atoms with Gasteiger partial charge in [0.15, 0.2) is 5.43 Å². The van der Waals surface area contributed by atoms with Gasteiger partial charge in [0.2, 0.25) is 0 Å². The maximum absolute atomic E-state index is 11.8. The second-order valence-electron chi connectivity index (χ2n) is 4.36. The van der Waals surface area contributed by atoms with Crippen LogP contribution in [0.4, 0.5) is 0 Å². The number of hydrogen-bond acceptors (Lipinski definition) is 3. The number of ether oxygens (including phenoxy) is 1. The van der Waals surface area contributed by atoms with Crippen LogP contribution in [0.1, 0.15) is 40.7 Å². The topological polar surface area (TPSA) is 43.4 Å². The lowest BCUT2D eigenvalue weighted by Crippen LogP contribution is -2.13. The van der Waals surface area contributed by atoms with Crippen molar-refractivity contribution in [3.8, 4) is 0 Å². The summed E-state index contributed by atoms with van der Waals surface area (Å²) < 4.78 is 4.64. The van der Waals surface area contributed by atoms with Crippen molar-refractivity contribution < 1.29 is 9.53 Å². The zero-order valence-electron chi connectivity index (χ0n) is 9.99. The average Bonchev–Trinajstić information content (AvgIpc) is 2.63. The van der Waals surface area contributed by atoms with Gasteiger partial charge in [0.25, 0.3) is 0 Å². The molecule has 0 unspecified atom stereocenters. The third kappa shape index (κ3) is 2.54. The molecule has 0 N–H and O–H groups in total. The molecule has 0 radical (unpaired) electrons. The third-order valence-corrected chi connectivity index (χ3v) is 3.23. The molecule has 1 aliphatic carbocycles. The smallest absolute Gasteiger partial charge is 0.341 e. The summed E-state index contributed by atoms with van der Waals surface area (Å²) in [6, 6.07) is 5.06. The van der Waals surface area contributed by atoms with Crippen molar-refractivity contribution >= 4 is 5.97 Å². The molecule has 0 aliphatic heterocycles. The number of carbonyl (C=O) groups is 1. The standard InChI is InChI=1S/C14H16O3/c1-17-14(16)12-9-11-6-4-2-3-5-10(11)7-8-13(12)15/h7-9H,2-6H2,1H3. The fourth-order valence-corrected chi connectivity index (χ4v) is 2.26. The monoisotopic (exact) mass is 232 g/mol. The highest BCUT2D eigenvalue weighted by atomic mass is 16.5. The Bertz CT molecular complexity index is 491. The lowest BCUT2D eigenvalue weighted by molar-refractivity contribution is 0.0599. The van der Waals surface area contributed by atoms with Gasteiger partial charge in [-0.05, 0) is 48.9 Å². The SMILES string of the molecule is COC(=O)c1cc2c(ccc1=O)CCCCC2. The molecule has 0 heterocycles. The molecule has 1 aromatic rings. The number of rotatable bonds is 1. The van der Waals surface area contributed by atoms with Gasteiger partial charge < -0.3 is 4.74 Å². The van der Waals surface area contributed by atoms with Crippen LogP contribution in [0.5, 0.6) is 0 Å². The summed E-state index contributed by atoms with van der Waals surface area (Å²) in [6.45, 7) is 0. The molecule has 0 saturated carbocycles. The highest BCUT2D eigenvalue weighted by Crippen LogP contribution is 2.19. The number of aryl methyl sites for hydroxylation is 2. The minimum Gasteiger partial charge on any atom is -0.465 e. The Balaban J connectivity index is 2.56. The average molecular weight is 232 g/mol. The van der Waals surface area contributed by atoms with Gasteiger partial charge in [0.05, 0.1) is 7.11 Å². The lowest BCUT2D eigenvalue weighted by atomic mass is 10.1. The Kier molecular flexibility index (Phi) is 3.57. The summed E-state index contributed by atoms with van der Waals surface area (Å²) >= 11 is 0. The van der Waals surface area contributed by atoms with Gasteiger partial charge in [-0.25, -0.2) is 4.79 Å². The Hall–Kier alpha value is -1.64. The van der Waals surface area contributed by atoms with E-state index in [0.717, 1.165) is 31.2 Å². The third-order valence-electron chi connectivity index (χ3n) is 3.23. The van der Waals surface area contributed by atoms with E-state index < -0.39 is 5.97 Å². The Morgan fingerprint density at radius 2 is 1.82 bits per heavy atom. The van der Waals surface area contributed by atoms with Crippen LogP contribution in [0.25, 0.3) is 0 Å². The molecule has 2 rings (SSSR count). The van der Waals surface area contributed by atoms with E-state index in [2.05, 4.69) is 4.74 Å². The van der Waals surface area contributed by atoms with Crippen molar-refractivity contribution in [3.63, 3.8) is 0 Å². The Morgan fingerprint density at radius 3 is 2.53 bits per heavy atom. The largest absolute Gasteiger partial charge is 0.465 e. The Labute approximate surface area is 100 Å². The maximum Gasteiger partial charge on any atom is 0.341 e. The minimum absolute atomic E-state index is 0.149. The number of carbonyl (C=O) groups excluding carboxylic acids is 1. The van der Waals surface area contributed by atoms with Gasteiger partial charge in [0.1, 0.15) is 5.56 Å². The summed E-state index contributed by atoms with van der Waals surface area (Å²) in [4.78, 5) is 23.3. The van der Waals surface area contributed by atoms with E-state index in [9.17, 15) is 9.59 Å². The van der Waals surface area contributed by atoms with E-state index in [1.165, 1.54) is 25.2 Å². The molecule has 3 heteroatoms. The van der Waals surface area contributed by atoms with Crippen LogP contribution in [0.2, 0.25) is 0 Å². The molecule has 0 fully saturated rings. The number of esters is 1. The molecular weight excluding hydrogens is 216 g/mol. The van der Waals surface area contributed by atoms with E-state index in [1.807, 2.05) is 6.07 Å². The molecule has 0 amide bonds. The second kappa shape index (κ2) is 5.13. The molecule has 0 spiro atoms. The first-order valence-electron chi connectivity index (χ1n) is 5.97. The molecule has 17 heavy (non-hydrogen) atoms. The molecule has 0 atom stereocenters. The first kappa shape index (κ1) is 11.8. The first-order valence-corrected chi connectivity index (χ1v) is 5.97. The van der Waals surface area contributed by atoms with Crippen molar-refractivity contribution in [2.45, 2.75) is 32.1 Å². The van der Waals surface area contributed by atoms with Crippen LogP contribution >= 0.6 is 0 Å². The highest BCUT2D eigenvalue weighted by molar-refractivity contribution is 5.89. The number of hydrogen-bond donors (Lipinski definition) is 0. The molecular formula is C14H16O3. The van der Waals surface area contributed by atoms with Crippen molar-refractivity contribution in [2.75, 3.05) is 7.11 Å². The van der Waals surface area contributed by atoms with Gasteiger partial charge in [-0.2, -0.15) is 0 Å². The number of fused-ring (bicyclic) bond motifs is 1. The summed E-state index contributed by atoms with van der Waals surface area (Å²) in [7, 11) is 1.30. The van der Waals surface area contributed by atoms with Crippen LogP contribution < -0.4 is 5.43 Å². The quantitative estimate of drug-likeness (QED) is 0.550. The van der Waals surface area contributed by atoms with Crippen molar-refractivity contribution in [1.29, 1.82) is 0 Å². The summed E-state index contributed by atoms with van der Waals surface area (Å²) in [5, 5.41) is 0. The number of methoxy groups -OCH3 is 1. The molecule has 0 bridgehead atoms. The normalized spacial score (nSPS) is 14.6. The van der Waals surface area contributed by atoms with Gasteiger partial charge in [-0.3, -0.25) is 4.79 Å². The van der Waals surface area contributed by atoms with Crippen LogP contribution in [0.15, 0.2) is 23.0 Å². The predicted octanol–water partition coefficient (Wildman–Crippen LogP) is 2.10. The zero-order chi connectivity index (χ0) is 12.3. The minimum atomic E-state index is -0.544. The maximum atomic E-state index is 11.8. The van der Waals surface area contributed by atoms with E-state index in [4.69, 9.17) is 0 Å². The summed E-state index contributed by atoms with van der Waals surface area (Å²) in [6.07, 6.45) is 5.40. The zero-order valence-corrected chi connectivity index (χ0v) is 9.99.